The monoisotopic (exact) mass is 297 g/mol. The Kier molecular flexibility index (Phi) is 2.62. The van der Waals surface area contributed by atoms with Crippen LogP contribution in [0.15, 0.2) is 36.5 Å². The molecule has 0 saturated carbocycles. The minimum Gasteiger partial charge on any atom is -0.384 e. The average Bonchev–Trinajstić information content (AvgIpc) is 2.19. The van der Waals surface area contributed by atoms with E-state index in [-0.39, 0.29) is 0 Å². The molecule has 1 aromatic heterocycles. The third kappa shape index (κ3) is 2.01. The van der Waals surface area contributed by atoms with Gasteiger partial charge < -0.3 is 5.73 Å². The Morgan fingerprint density at radius 2 is 1.79 bits per heavy atom. The molecule has 4 heteroatoms. The van der Waals surface area contributed by atoms with Crippen LogP contribution in [0, 0.1) is 3.57 Å². The van der Waals surface area contributed by atoms with E-state index in [1.165, 1.54) is 3.57 Å². The summed E-state index contributed by atoms with van der Waals surface area (Å²) in [5.74, 6) is 1.16. The molecule has 2 N–H and O–H groups in total. The van der Waals surface area contributed by atoms with Gasteiger partial charge in [-0.15, -0.1) is 0 Å². The molecule has 2 aromatic rings. The van der Waals surface area contributed by atoms with Gasteiger partial charge in [-0.3, -0.25) is 0 Å². The zero-order chi connectivity index (χ0) is 9.97. The van der Waals surface area contributed by atoms with Crippen molar-refractivity contribution in [3.05, 3.63) is 40.1 Å². The Labute approximate surface area is 95.5 Å². The lowest BCUT2D eigenvalue weighted by molar-refractivity contribution is 1.18. The van der Waals surface area contributed by atoms with Crippen LogP contribution in [0.25, 0.3) is 11.4 Å². The highest BCUT2D eigenvalue weighted by atomic mass is 127. The Bertz CT molecular complexity index is 439. The summed E-state index contributed by atoms with van der Waals surface area (Å²) in [5.41, 5.74) is 6.56. The van der Waals surface area contributed by atoms with Crippen molar-refractivity contribution >= 4 is 28.4 Å². The molecule has 3 nitrogen and oxygen atoms in total. The Hall–Kier alpha value is -1.17. The summed E-state index contributed by atoms with van der Waals surface area (Å²) >= 11 is 2.26. The van der Waals surface area contributed by atoms with Crippen LogP contribution in [-0.4, -0.2) is 9.97 Å². The van der Waals surface area contributed by atoms with Gasteiger partial charge in [0.15, 0.2) is 5.82 Å². The van der Waals surface area contributed by atoms with E-state index in [1.807, 2.05) is 24.3 Å². The van der Waals surface area contributed by atoms with Gasteiger partial charge >= 0.3 is 0 Å². The third-order valence-electron chi connectivity index (χ3n) is 1.78. The SMILES string of the molecule is Nc1ccnc(-c2ccc(I)cc2)n1. The van der Waals surface area contributed by atoms with E-state index in [0.717, 1.165) is 5.56 Å². The second-order valence-electron chi connectivity index (χ2n) is 2.81. The minimum atomic E-state index is 0.494. The highest BCUT2D eigenvalue weighted by molar-refractivity contribution is 14.1. The molecule has 0 bridgehead atoms. The first-order chi connectivity index (χ1) is 6.75. The lowest BCUT2D eigenvalue weighted by atomic mass is 10.2. The van der Waals surface area contributed by atoms with Crippen molar-refractivity contribution in [3.8, 4) is 11.4 Å². The Morgan fingerprint density at radius 1 is 1.07 bits per heavy atom. The van der Waals surface area contributed by atoms with E-state index in [4.69, 9.17) is 5.73 Å². The standard InChI is InChI=1S/C10H8IN3/c11-8-3-1-7(2-4-8)10-13-6-5-9(12)14-10/h1-6H,(H2,12,13,14). The number of nitrogen functional groups attached to an aromatic ring is 1. The number of rotatable bonds is 1. The molecule has 0 unspecified atom stereocenters. The predicted molar refractivity (Wildman–Crippen MR) is 64.6 cm³/mol. The van der Waals surface area contributed by atoms with Gasteiger partial charge in [0.1, 0.15) is 5.82 Å². The van der Waals surface area contributed by atoms with Crippen molar-refractivity contribution in [1.29, 1.82) is 0 Å². The molecule has 1 aromatic carbocycles. The minimum absolute atomic E-state index is 0.494. The van der Waals surface area contributed by atoms with E-state index in [9.17, 15) is 0 Å². The first kappa shape index (κ1) is 9.39. The van der Waals surface area contributed by atoms with Gasteiger partial charge in [-0.05, 0) is 40.8 Å². The van der Waals surface area contributed by atoms with Gasteiger partial charge in [0.05, 0.1) is 0 Å². The second-order valence-corrected chi connectivity index (χ2v) is 4.06. The molecular weight excluding hydrogens is 289 g/mol. The highest BCUT2D eigenvalue weighted by Crippen LogP contribution is 2.16. The van der Waals surface area contributed by atoms with Crippen LogP contribution in [0.1, 0.15) is 0 Å². The van der Waals surface area contributed by atoms with Crippen LogP contribution in [0.5, 0.6) is 0 Å². The quantitative estimate of drug-likeness (QED) is 0.822. The smallest absolute Gasteiger partial charge is 0.161 e. The van der Waals surface area contributed by atoms with Gasteiger partial charge in [0.25, 0.3) is 0 Å². The molecule has 0 amide bonds. The number of nitrogens with two attached hydrogens (primary N) is 1. The lowest BCUT2D eigenvalue weighted by Crippen LogP contribution is -1.94. The third-order valence-corrected chi connectivity index (χ3v) is 2.50. The number of hydrogen-bond acceptors (Lipinski definition) is 3. The maximum Gasteiger partial charge on any atom is 0.161 e. The van der Waals surface area contributed by atoms with E-state index in [0.29, 0.717) is 11.6 Å². The largest absolute Gasteiger partial charge is 0.384 e. The molecule has 70 valence electrons. The van der Waals surface area contributed by atoms with Gasteiger partial charge in [-0.25, -0.2) is 9.97 Å². The molecule has 14 heavy (non-hydrogen) atoms. The molecule has 0 atom stereocenters. The fraction of sp³-hybridized carbons (Fsp3) is 0. The highest BCUT2D eigenvalue weighted by Gasteiger charge is 2.00. The molecule has 0 aliphatic rings. The molecule has 0 aliphatic carbocycles. The summed E-state index contributed by atoms with van der Waals surface area (Å²) in [5, 5.41) is 0. The number of hydrogen-bond donors (Lipinski definition) is 1. The van der Waals surface area contributed by atoms with Crippen molar-refractivity contribution < 1.29 is 0 Å². The molecule has 1 heterocycles. The zero-order valence-electron chi connectivity index (χ0n) is 7.31. The number of anilines is 1. The summed E-state index contributed by atoms with van der Waals surface area (Å²) < 4.78 is 1.19. The summed E-state index contributed by atoms with van der Waals surface area (Å²) in [6.07, 6.45) is 1.66. The maximum absolute atomic E-state index is 5.57. The van der Waals surface area contributed by atoms with Crippen LogP contribution < -0.4 is 5.73 Å². The molecular formula is C10H8IN3. The maximum atomic E-state index is 5.57. The van der Waals surface area contributed by atoms with Crippen LogP contribution in [0.3, 0.4) is 0 Å². The summed E-state index contributed by atoms with van der Waals surface area (Å²) in [4.78, 5) is 8.28. The van der Waals surface area contributed by atoms with Crippen molar-refractivity contribution in [3.63, 3.8) is 0 Å². The molecule has 0 radical (unpaired) electrons. The molecule has 0 aliphatic heterocycles. The predicted octanol–water partition coefficient (Wildman–Crippen LogP) is 2.33. The van der Waals surface area contributed by atoms with E-state index in [2.05, 4.69) is 32.6 Å². The van der Waals surface area contributed by atoms with E-state index in [1.54, 1.807) is 12.3 Å². The van der Waals surface area contributed by atoms with Crippen molar-refractivity contribution in [2.24, 2.45) is 0 Å². The second kappa shape index (κ2) is 3.91. The van der Waals surface area contributed by atoms with Gasteiger partial charge in [-0.2, -0.15) is 0 Å². The average molecular weight is 297 g/mol. The molecule has 2 rings (SSSR count). The topological polar surface area (TPSA) is 51.8 Å². The van der Waals surface area contributed by atoms with Crippen molar-refractivity contribution in [1.82, 2.24) is 9.97 Å². The summed E-state index contributed by atoms with van der Waals surface area (Å²) in [6.45, 7) is 0. The number of nitrogens with zero attached hydrogens (tertiary/aromatic N) is 2. The van der Waals surface area contributed by atoms with Gasteiger partial charge in [0.2, 0.25) is 0 Å². The number of halogens is 1. The van der Waals surface area contributed by atoms with Crippen molar-refractivity contribution in [2.75, 3.05) is 5.73 Å². The number of benzene rings is 1. The summed E-state index contributed by atoms with van der Waals surface area (Å²) in [6, 6.07) is 9.67. The fourth-order valence-electron chi connectivity index (χ4n) is 1.11. The van der Waals surface area contributed by atoms with E-state index < -0.39 is 0 Å². The Balaban J connectivity index is 2.44. The van der Waals surface area contributed by atoms with Gasteiger partial charge in [0, 0.05) is 15.3 Å². The Morgan fingerprint density at radius 3 is 2.43 bits per heavy atom. The van der Waals surface area contributed by atoms with Crippen LogP contribution >= 0.6 is 22.6 Å². The van der Waals surface area contributed by atoms with Crippen LogP contribution in [0.4, 0.5) is 5.82 Å². The van der Waals surface area contributed by atoms with Crippen LogP contribution in [0.2, 0.25) is 0 Å². The van der Waals surface area contributed by atoms with Crippen molar-refractivity contribution in [2.45, 2.75) is 0 Å². The summed E-state index contributed by atoms with van der Waals surface area (Å²) in [7, 11) is 0. The fourth-order valence-corrected chi connectivity index (χ4v) is 1.47. The van der Waals surface area contributed by atoms with Crippen LogP contribution in [-0.2, 0) is 0 Å². The first-order valence-corrected chi connectivity index (χ1v) is 5.18. The lowest BCUT2D eigenvalue weighted by Gasteiger charge is -2.00. The molecule has 0 fully saturated rings. The molecule has 0 spiro atoms. The first-order valence-electron chi connectivity index (χ1n) is 4.10. The molecule has 0 saturated heterocycles. The van der Waals surface area contributed by atoms with E-state index >= 15 is 0 Å². The van der Waals surface area contributed by atoms with Gasteiger partial charge in [-0.1, -0.05) is 12.1 Å². The zero-order valence-corrected chi connectivity index (χ0v) is 9.47. The number of aromatic nitrogens is 2. The normalized spacial score (nSPS) is 10.1.